The highest BCUT2D eigenvalue weighted by molar-refractivity contribution is 7.81. The summed E-state index contributed by atoms with van der Waals surface area (Å²) >= 11 is 4.10. The minimum atomic E-state index is -1.42. The summed E-state index contributed by atoms with van der Waals surface area (Å²) in [5.41, 5.74) is 0. The van der Waals surface area contributed by atoms with Crippen LogP contribution >= 0.6 is 12.6 Å². The number of aliphatic hydroxyl groups excluding tert-OH is 4. The smallest absolute Gasteiger partial charge is 0.186 e. The molecule has 0 bridgehead atoms. The van der Waals surface area contributed by atoms with Crippen LogP contribution in [0.2, 0.25) is 0 Å². The lowest BCUT2D eigenvalue weighted by atomic mass is 9.99. The van der Waals surface area contributed by atoms with Crippen molar-refractivity contribution in [1.82, 2.24) is 0 Å². The Bertz CT molecular complexity index is 249. The fourth-order valence-corrected chi connectivity index (χ4v) is 1.55. The zero-order valence-electron chi connectivity index (χ0n) is 9.22. The van der Waals surface area contributed by atoms with Crippen molar-refractivity contribution < 1.29 is 29.9 Å². The van der Waals surface area contributed by atoms with Crippen molar-refractivity contribution in [1.29, 1.82) is 0 Å². The molecule has 1 aliphatic heterocycles. The lowest BCUT2D eigenvalue weighted by Gasteiger charge is -2.39. The molecule has 0 spiro atoms. The van der Waals surface area contributed by atoms with Gasteiger partial charge in [-0.2, -0.15) is 12.6 Å². The molecule has 7 heteroatoms. The van der Waals surface area contributed by atoms with Crippen LogP contribution < -0.4 is 0 Å². The number of rotatable bonds is 5. The topological polar surface area (TPSA) is 99.4 Å². The van der Waals surface area contributed by atoms with Gasteiger partial charge < -0.3 is 29.9 Å². The van der Waals surface area contributed by atoms with E-state index in [-0.39, 0.29) is 11.9 Å². The molecule has 0 amide bonds. The van der Waals surface area contributed by atoms with Crippen molar-refractivity contribution in [3.05, 3.63) is 12.7 Å². The van der Waals surface area contributed by atoms with Gasteiger partial charge in [0.2, 0.25) is 0 Å². The molecule has 0 saturated carbocycles. The summed E-state index contributed by atoms with van der Waals surface area (Å²) in [4.78, 5) is 0. The molecule has 0 aliphatic carbocycles. The Morgan fingerprint density at radius 2 is 1.94 bits per heavy atom. The molecule has 1 saturated heterocycles. The van der Waals surface area contributed by atoms with E-state index >= 15 is 0 Å². The molecular weight excluding hydrogens is 248 g/mol. The molecule has 1 fully saturated rings. The monoisotopic (exact) mass is 266 g/mol. The number of ether oxygens (including phenoxy) is 2. The number of thiol groups is 1. The van der Waals surface area contributed by atoms with Gasteiger partial charge in [0.15, 0.2) is 6.29 Å². The summed E-state index contributed by atoms with van der Waals surface area (Å²) in [5, 5.41) is 37.3. The highest BCUT2D eigenvalue weighted by atomic mass is 32.1. The summed E-state index contributed by atoms with van der Waals surface area (Å²) in [6, 6.07) is 0. The maximum absolute atomic E-state index is 9.61. The van der Waals surface area contributed by atoms with Crippen LogP contribution in [0.5, 0.6) is 0 Å². The Kier molecular flexibility index (Phi) is 5.87. The lowest BCUT2D eigenvalue weighted by molar-refractivity contribution is -0.300. The first-order chi connectivity index (χ1) is 8.01. The molecule has 0 aromatic carbocycles. The van der Waals surface area contributed by atoms with E-state index in [0.717, 1.165) is 0 Å². The molecule has 1 rings (SSSR count). The summed E-state index contributed by atoms with van der Waals surface area (Å²) in [7, 11) is 0. The van der Waals surface area contributed by atoms with Crippen LogP contribution in [0.3, 0.4) is 0 Å². The molecule has 1 aliphatic rings. The van der Waals surface area contributed by atoms with E-state index in [0.29, 0.717) is 0 Å². The Morgan fingerprint density at radius 1 is 1.29 bits per heavy atom. The predicted molar refractivity (Wildman–Crippen MR) is 62.7 cm³/mol. The van der Waals surface area contributed by atoms with Gasteiger partial charge in [-0.25, -0.2) is 0 Å². The van der Waals surface area contributed by atoms with Crippen LogP contribution in [-0.2, 0) is 9.47 Å². The molecule has 4 N–H and O–H groups in total. The van der Waals surface area contributed by atoms with Gasteiger partial charge >= 0.3 is 0 Å². The SMILES string of the molecule is C=CC(S)CO[C@@H]1OC(CO)[C@H](O)[C@H](O)C1O. The van der Waals surface area contributed by atoms with Gasteiger partial charge in [0, 0.05) is 5.25 Å². The Morgan fingerprint density at radius 3 is 2.47 bits per heavy atom. The first-order valence-corrected chi connectivity index (χ1v) is 5.75. The first-order valence-electron chi connectivity index (χ1n) is 5.24. The standard InChI is InChI=1S/C10H18O6S/c1-2-5(17)4-15-10-9(14)8(13)7(12)6(3-11)16-10/h2,5-14,17H,1,3-4H2/t5?,6?,7-,8-,9?,10+/m0/s1. The van der Waals surface area contributed by atoms with Crippen molar-refractivity contribution in [3.63, 3.8) is 0 Å². The van der Waals surface area contributed by atoms with Crippen LogP contribution in [0.25, 0.3) is 0 Å². The summed E-state index contributed by atoms with van der Waals surface area (Å²) in [6.07, 6.45) is -4.69. The van der Waals surface area contributed by atoms with Gasteiger partial charge in [0.1, 0.15) is 24.4 Å². The normalized spacial score (nSPS) is 39.9. The Balaban J connectivity index is 2.56. The zero-order chi connectivity index (χ0) is 13.0. The highest BCUT2D eigenvalue weighted by Crippen LogP contribution is 2.22. The third-order valence-corrected chi connectivity index (χ3v) is 2.91. The van der Waals surface area contributed by atoms with E-state index in [1.807, 2.05) is 0 Å². The minimum Gasteiger partial charge on any atom is -0.394 e. The van der Waals surface area contributed by atoms with Gasteiger partial charge in [-0.15, -0.1) is 6.58 Å². The average molecular weight is 266 g/mol. The van der Waals surface area contributed by atoms with Gasteiger partial charge in [0.05, 0.1) is 13.2 Å². The third-order valence-electron chi connectivity index (χ3n) is 2.55. The summed E-state index contributed by atoms with van der Waals surface area (Å²) < 4.78 is 10.3. The van der Waals surface area contributed by atoms with Crippen LogP contribution in [0.4, 0.5) is 0 Å². The molecular formula is C10H18O6S. The fourth-order valence-electron chi connectivity index (χ4n) is 1.47. The molecule has 0 aromatic rings. The van der Waals surface area contributed by atoms with Gasteiger partial charge in [-0.3, -0.25) is 0 Å². The van der Waals surface area contributed by atoms with Crippen LogP contribution in [0.15, 0.2) is 12.7 Å². The largest absolute Gasteiger partial charge is 0.394 e. The van der Waals surface area contributed by atoms with Gasteiger partial charge in [0.25, 0.3) is 0 Å². The second kappa shape index (κ2) is 6.69. The first kappa shape index (κ1) is 14.9. The molecule has 1 heterocycles. The molecule has 6 atom stereocenters. The van der Waals surface area contributed by atoms with Crippen LogP contribution in [0, 0.1) is 0 Å². The number of aliphatic hydroxyl groups is 4. The summed E-state index contributed by atoms with van der Waals surface area (Å²) in [5.74, 6) is 0. The molecule has 17 heavy (non-hydrogen) atoms. The second-order valence-corrected chi connectivity index (χ2v) is 4.50. The lowest BCUT2D eigenvalue weighted by Crippen LogP contribution is -2.59. The zero-order valence-corrected chi connectivity index (χ0v) is 10.1. The summed E-state index contributed by atoms with van der Waals surface area (Å²) in [6.45, 7) is 3.17. The molecule has 3 unspecified atom stereocenters. The highest BCUT2D eigenvalue weighted by Gasteiger charge is 2.43. The van der Waals surface area contributed by atoms with Crippen molar-refractivity contribution in [3.8, 4) is 0 Å². The fraction of sp³-hybridized carbons (Fsp3) is 0.800. The third kappa shape index (κ3) is 3.65. The predicted octanol–water partition coefficient (Wildman–Crippen LogP) is -1.71. The van der Waals surface area contributed by atoms with Crippen molar-refractivity contribution in [2.75, 3.05) is 13.2 Å². The van der Waals surface area contributed by atoms with Crippen LogP contribution in [-0.4, -0.2) is 69.6 Å². The van der Waals surface area contributed by atoms with E-state index in [1.54, 1.807) is 6.08 Å². The van der Waals surface area contributed by atoms with E-state index < -0.39 is 37.3 Å². The quantitative estimate of drug-likeness (QED) is 0.300. The van der Waals surface area contributed by atoms with E-state index in [1.165, 1.54) is 0 Å². The van der Waals surface area contributed by atoms with Crippen molar-refractivity contribution in [2.24, 2.45) is 0 Å². The molecule has 0 radical (unpaired) electrons. The maximum Gasteiger partial charge on any atom is 0.186 e. The van der Waals surface area contributed by atoms with E-state index in [4.69, 9.17) is 14.6 Å². The Hall–Kier alpha value is -0.150. The van der Waals surface area contributed by atoms with Gasteiger partial charge in [-0.05, 0) is 0 Å². The van der Waals surface area contributed by atoms with E-state index in [2.05, 4.69) is 19.2 Å². The Labute approximate surface area is 105 Å². The van der Waals surface area contributed by atoms with Crippen LogP contribution in [0.1, 0.15) is 0 Å². The second-order valence-electron chi connectivity index (χ2n) is 3.83. The van der Waals surface area contributed by atoms with E-state index in [9.17, 15) is 15.3 Å². The van der Waals surface area contributed by atoms with Gasteiger partial charge in [-0.1, -0.05) is 6.08 Å². The molecule has 100 valence electrons. The molecule has 0 aromatic heterocycles. The maximum atomic E-state index is 9.61. The average Bonchev–Trinajstić information content (AvgIpc) is 2.34. The number of hydrogen-bond donors (Lipinski definition) is 5. The minimum absolute atomic E-state index is 0.134. The van der Waals surface area contributed by atoms with Crippen molar-refractivity contribution in [2.45, 2.75) is 36.0 Å². The molecule has 6 nitrogen and oxygen atoms in total. The van der Waals surface area contributed by atoms with Crippen molar-refractivity contribution >= 4 is 12.6 Å². The number of hydrogen-bond acceptors (Lipinski definition) is 7.